The zero-order chi connectivity index (χ0) is 19.2. The highest BCUT2D eigenvalue weighted by Gasteiger charge is 1.96. The first-order valence-electron chi connectivity index (χ1n) is 9.35. The Hall–Kier alpha value is -1.81. The summed E-state index contributed by atoms with van der Waals surface area (Å²) in [4.78, 5) is 4.72. The number of hydrogen-bond acceptors (Lipinski definition) is 4. The van der Waals surface area contributed by atoms with Crippen LogP contribution in [-0.4, -0.2) is 32.6 Å². The number of benzene rings is 1. The van der Waals surface area contributed by atoms with Crippen molar-refractivity contribution in [3.8, 4) is 5.75 Å². The van der Waals surface area contributed by atoms with Crippen molar-refractivity contribution < 1.29 is 14.3 Å². The summed E-state index contributed by atoms with van der Waals surface area (Å²) in [5.41, 5.74) is 0.859. The van der Waals surface area contributed by atoms with Gasteiger partial charge in [0.1, 0.15) is 12.9 Å². The normalized spacial score (nSPS) is 9.88. The van der Waals surface area contributed by atoms with Crippen molar-refractivity contribution in [3.05, 3.63) is 43.0 Å². The number of oxime groups is 1. The lowest BCUT2D eigenvalue weighted by atomic mass is 10.2. The van der Waals surface area contributed by atoms with Crippen LogP contribution in [0.5, 0.6) is 5.75 Å². The number of rotatable bonds is 12. The van der Waals surface area contributed by atoms with E-state index >= 15 is 0 Å². The predicted octanol–water partition coefficient (Wildman–Crippen LogP) is 5.88. The molecule has 0 saturated carbocycles. The van der Waals surface area contributed by atoms with Crippen LogP contribution < -0.4 is 4.74 Å². The van der Waals surface area contributed by atoms with Gasteiger partial charge in [-0.05, 0) is 43.9 Å². The molecule has 0 amide bonds. The maximum atomic E-state index is 5.61. The second-order valence-corrected chi connectivity index (χ2v) is 4.55. The van der Waals surface area contributed by atoms with E-state index in [4.69, 9.17) is 14.3 Å². The van der Waals surface area contributed by atoms with E-state index in [2.05, 4.69) is 11.7 Å². The molecule has 0 N–H and O–H groups in total. The smallest absolute Gasteiger partial charge is 0.119 e. The Labute approximate surface area is 154 Å². The van der Waals surface area contributed by atoms with Crippen LogP contribution in [0.1, 0.15) is 53.4 Å². The molecule has 144 valence electrons. The summed E-state index contributed by atoms with van der Waals surface area (Å²) in [7, 11) is 1.54. The molecule has 0 atom stereocenters. The minimum atomic E-state index is 0.731. The Bertz CT molecular complexity index is 405. The number of unbranched alkanes of at least 4 members (excludes halogenated alkanes) is 1. The van der Waals surface area contributed by atoms with Gasteiger partial charge in [0.05, 0.1) is 12.3 Å². The van der Waals surface area contributed by atoms with Crippen molar-refractivity contribution in [1.82, 2.24) is 0 Å². The lowest BCUT2D eigenvalue weighted by Gasteiger charge is -2.06. The van der Waals surface area contributed by atoms with E-state index in [1.807, 2.05) is 58.0 Å². The molecule has 0 aliphatic rings. The van der Waals surface area contributed by atoms with Gasteiger partial charge in [-0.1, -0.05) is 57.6 Å². The molecular weight excluding hydrogens is 314 g/mol. The molecule has 0 bridgehead atoms. The summed E-state index contributed by atoms with van der Waals surface area (Å²) in [6, 6.07) is 9.87. The number of hydrogen-bond donors (Lipinski definition) is 0. The van der Waals surface area contributed by atoms with Gasteiger partial charge in [-0.3, -0.25) is 0 Å². The van der Waals surface area contributed by atoms with Gasteiger partial charge < -0.3 is 14.3 Å². The van der Waals surface area contributed by atoms with Gasteiger partial charge in [-0.25, -0.2) is 0 Å². The van der Waals surface area contributed by atoms with Crippen LogP contribution in [0.25, 0.3) is 0 Å². The molecule has 0 aliphatic carbocycles. The van der Waals surface area contributed by atoms with Crippen molar-refractivity contribution >= 4 is 5.71 Å². The van der Waals surface area contributed by atoms with Crippen molar-refractivity contribution in [2.45, 2.75) is 53.4 Å². The fourth-order valence-corrected chi connectivity index (χ4v) is 1.77. The number of para-hydroxylation sites is 1. The standard InChI is InChI=1S/C17H25NO3.2C2H6/c1-3-16(18-19-2)10-9-14-20-13-7-8-15-21-17-11-5-4-6-12-17;2*1-2/h3-6,11-12H,1,7-10,13-15H2,2H3;2*1-2H3/b18-16+;;. The monoisotopic (exact) mass is 351 g/mol. The first kappa shape index (κ1) is 25.4. The van der Waals surface area contributed by atoms with E-state index < -0.39 is 0 Å². The lowest BCUT2D eigenvalue weighted by Crippen LogP contribution is -2.03. The molecule has 1 aromatic rings. The van der Waals surface area contributed by atoms with Gasteiger partial charge in [0.15, 0.2) is 0 Å². The van der Waals surface area contributed by atoms with E-state index in [0.717, 1.165) is 57.0 Å². The summed E-state index contributed by atoms with van der Waals surface area (Å²) >= 11 is 0. The second kappa shape index (κ2) is 22.2. The molecule has 4 nitrogen and oxygen atoms in total. The highest BCUT2D eigenvalue weighted by atomic mass is 16.6. The second-order valence-electron chi connectivity index (χ2n) is 4.55. The van der Waals surface area contributed by atoms with Crippen LogP contribution in [0, 0.1) is 0 Å². The Morgan fingerprint density at radius 1 is 0.960 bits per heavy atom. The zero-order valence-corrected chi connectivity index (χ0v) is 16.8. The average molecular weight is 352 g/mol. The molecule has 0 aliphatic heterocycles. The molecule has 0 radical (unpaired) electrons. The first-order chi connectivity index (χ1) is 12.4. The number of ether oxygens (including phenoxy) is 2. The Morgan fingerprint density at radius 3 is 2.16 bits per heavy atom. The number of allylic oxidation sites excluding steroid dienone is 1. The maximum absolute atomic E-state index is 5.61. The van der Waals surface area contributed by atoms with Crippen molar-refractivity contribution in [2.24, 2.45) is 5.16 Å². The molecular formula is C21H37NO3. The van der Waals surface area contributed by atoms with Crippen LogP contribution in [0.15, 0.2) is 48.1 Å². The third-order valence-electron chi connectivity index (χ3n) is 2.86. The largest absolute Gasteiger partial charge is 0.494 e. The molecule has 4 heteroatoms. The van der Waals surface area contributed by atoms with Crippen LogP contribution in [0.2, 0.25) is 0 Å². The van der Waals surface area contributed by atoms with Gasteiger partial charge in [0, 0.05) is 13.2 Å². The summed E-state index contributed by atoms with van der Waals surface area (Å²) in [5.74, 6) is 0.924. The third kappa shape index (κ3) is 16.8. The molecule has 0 saturated heterocycles. The van der Waals surface area contributed by atoms with Gasteiger partial charge in [0.2, 0.25) is 0 Å². The Morgan fingerprint density at radius 2 is 1.56 bits per heavy atom. The van der Waals surface area contributed by atoms with Gasteiger partial charge in [0.25, 0.3) is 0 Å². The molecule has 25 heavy (non-hydrogen) atoms. The topological polar surface area (TPSA) is 40.0 Å². The summed E-state index contributed by atoms with van der Waals surface area (Å²) < 4.78 is 11.2. The van der Waals surface area contributed by atoms with E-state index in [1.54, 1.807) is 6.08 Å². The van der Waals surface area contributed by atoms with E-state index in [9.17, 15) is 0 Å². The van der Waals surface area contributed by atoms with E-state index in [1.165, 1.54) is 7.11 Å². The van der Waals surface area contributed by atoms with Crippen molar-refractivity contribution in [2.75, 3.05) is 26.9 Å². The molecule has 1 aromatic carbocycles. The highest BCUT2D eigenvalue weighted by Crippen LogP contribution is 2.08. The summed E-state index contributed by atoms with van der Waals surface area (Å²) in [6.07, 6.45) is 5.47. The van der Waals surface area contributed by atoms with Gasteiger partial charge in [-0.2, -0.15) is 0 Å². The predicted molar refractivity (Wildman–Crippen MR) is 109 cm³/mol. The maximum Gasteiger partial charge on any atom is 0.119 e. The Kier molecular flexibility index (Phi) is 22.6. The zero-order valence-electron chi connectivity index (χ0n) is 16.8. The van der Waals surface area contributed by atoms with Crippen LogP contribution in [0.3, 0.4) is 0 Å². The van der Waals surface area contributed by atoms with Crippen LogP contribution in [-0.2, 0) is 9.57 Å². The number of nitrogens with zero attached hydrogens (tertiary/aromatic N) is 1. The quantitative estimate of drug-likeness (QED) is 0.268. The minimum absolute atomic E-state index is 0.731. The minimum Gasteiger partial charge on any atom is -0.494 e. The first-order valence-corrected chi connectivity index (χ1v) is 9.35. The van der Waals surface area contributed by atoms with Gasteiger partial charge >= 0.3 is 0 Å². The third-order valence-corrected chi connectivity index (χ3v) is 2.86. The molecule has 1 rings (SSSR count). The van der Waals surface area contributed by atoms with Crippen molar-refractivity contribution in [1.29, 1.82) is 0 Å². The lowest BCUT2D eigenvalue weighted by molar-refractivity contribution is 0.125. The van der Waals surface area contributed by atoms with E-state index in [-0.39, 0.29) is 0 Å². The van der Waals surface area contributed by atoms with E-state index in [0.29, 0.717) is 0 Å². The fraction of sp³-hybridized carbons (Fsp3) is 0.571. The molecule has 0 unspecified atom stereocenters. The summed E-state index contributed by atoms with van der Waals surface area (Å²) in [5, 5.41) is 3.86. The molecule has 0 spiro atoms. The van der Waals surface area contributed by atoms with Crippen LogP contribution >= 0.6 is 0 Å². The summed E-state index contributed by atoms with van der Waals surface area (Å²) in [6.45, 7) is 13.9. The Balaban J connectivity index is 0. The highest BCUT2D eigenvalue weighted by molar-refractivity contribution is 5.93. The van der Waals surface area contributed by atoms with Crippen LogP contribution in [0.4, 0.5) is 0 Å². The molecule has 0 fully saturated rings. The van der Waals surface area contributed by atoms with Gasteiger partial charge in [-0.15, -0.1) is 0 Å². The SMILES string of the molecule is C=C/C(CCCOCCCCOc1ccccc1)=N\OC.CC.CC. The molecule has 0 aromatic heterocycles. The fourth-order valence-electron chi connectivity index (χ4n) is 1.77. The van der Waals surface area contributed by atoms with Crippen molar-refractivity contribution in [3.63, 3.8) is 0 Å². The molecule has 0 heterocycles. The average Bonchev–Trinajstić information content (AvgIpc) is 2.69.